The van der Waals surface area contributed by atoms with Crippen LogP contribution in [0.15, 0.2) is 36.4 Å². The number of hydrogen-bond donors (Lipinski definition) is 1. The van der Waals surface area contributed by atoms with Crippen molar-refractivity contribution in [3.05, 3.63) is 47.2 Å². The second-order valence-electron chi connectivity index (χ2n) is 4.47. The molecule has 2 rings (SSSR count). The molecule has 2 aromatic rings. The molecule has 24 heavy (non-hydrogen) atoms. The molecule has 0 heterocycles. The Kier molecular flexibility index (Phi) is 7.13. The van der Waals surface area contributed by atoms with E-state index in [1.165, 1.54) is 24.3 Å². The number of nitrogens with two attached hydrogens (primary N) is 1. The number of ether oxygens (including phenoxy) is 2. The van der Waals surface area contributed by atoms with E-state index in [1.54, 1.807) is 0 Å². The van der Waals surface area contributed by atoms with E-state index in [0.717, 1.165) is 12.1 Å². The maximum atomic E-state index is 13.9. The Morgan fingerprint density at radius 1 is 1.04 bits per heavy atom. The minimum absolute atomic E-state index is 0. The summed E-state index contributed by atoms with van der Waals surface area (Å²) in [7, 11) is 0. The highest BCUT2D eigenvalue weighted by Gasteiger charge is 2.32. The fraction of sp³-hybridized carbons (Fsp3) is 0.200. The van der Waals surface area contributed by atoms with Crippen molar-refractivity contribution >= 4 is 24.0 Å². The van der Waals surface area contributed by atoms with Crippen LogP contribution in [-0.2, 0) is 0 Å². The van der Waals surface area contributed by atoms with Crippen molar-refractivity contribution in [1.82, 2.24) is 0 Å². The highest BCUT2D eigenvalue weighted by molar-refractivity contribution is 6.30. The molecule has 0 radical (unpaired) electrons. The minimum Gasteiger partial charge on any atom is -0.488 e. The second kappa shape index (κ2) is 8.41. The zero-order valence-corrected chi connectivity index (χ0v) is 13.6. The summed E-state index contributed by atoms with van der Waals surface area (Å²) < 4.78 is 60.5. The number of benzene rings is 2. The van der Waals surface area contributed by atoms with Gasteiger partial charge in [0, 0.05) is 17.1 Å². The third-order valence-corrected chi connectivity index (χ3v) is 3.02. The largest absolute Gasteiger partial charge is 0.573 e. The Morgan fingerprint density at radius 3 is 2.33 bits per heavy atom. The lowest BCUT2D eigenvalue weighted by Crippen LogP contribution is -2.18. The SMILES string of the molecule is Cl.NCCOc1ccc(-c2ccc(Cl)cc2F)cc1OC(F)(F)F. The average molecular weight is 386 g/mol. The molecular weight excluding hydrogens is 373 g/mol. The van der Waals surface area contributed by atoms with Gasteiger partial charge in [-0.25, -0.2) is 4.39 Å². The molecule has 0 aliphatic rings. The first-order valence-corrected chi connectivity index (χ1v) is 6.86. The number of rotatable bonds is 5. The van der Waals surface area contributed by atoms with E-state index >= 15 is 0 Å². The Balaban J connectivity index is 0.00000288. The minimum atomic E-state index is -4.90. The van der Waals surface area contributed by atoms with Gasteiger partial charge in [0.25, 0.3) is 0 Å². The van der Waals surface area contributed by atoms with Gasteiger partial charge < -0.3 is 15.2 Å². The third kappa shape index (κ3) is 5.43. The van der Waals surface area contributed by atoms with E-state index in [-0.39, 0.29) is 47.5 Å². The summed E-state index contributed by atoms with van der Waals surface area (Å²) in [5.41, 5.74) is 5.54. The van der Waals surface area contributed by atoms with E-state index in [2.05, 4.69) is 4.74 Å². The van der Waals surface area contributed by atoms with E-state index in [1.807, 2.05) is 0 Å². The normalized spacial score (nSPS) is 10.9. The van der Waals surface area contributed by atoms with E-state index in [9.17, 15) is 17.6 Å². The monoisotopic (exact) mass is 385 g/mol. The first kappa shape index (κ1) is 20.3. The highest BCUT2D eigenvalue weighted by Crippen LogP contribution is 2.37. The van der Waals surface area contributed by atoms with Crippen molar-refractivity contribution in [3.63, 3.8) is 0 Å². The van der Waals surface area contributed by atoms with Gasteiger partial charge in [-0.05, 0) is 35.9 Å². The van der Waals surface area contributed by atoms with Crippen LogP contribution in [0.5, 0.6) is 11.5 Å². The Morgan fingerprint density at radius 2 is 1.75 bits per heavy atom. The predicted octanol–water partition coefficient (Wildman–Crippen LogP) is 4.80. The van der Waals surface area contributed by atoms with E-state index in [0.29, 0.717) is 0 Å². The maximum Gasteiger partial charge on any atom is 0.573 e. The van der Waals surface area contributed by atoms with Gasteiger partial charge in [0.15, 0.2) is 11.5 Å². The molecule has 0 fully saturated rings. The lowest BCUT2D eigenvalue weighted by Gasteiger charge is -2.15. The fourth-order valence-electron chi connectivity index (χ4n) is 1.89. The van der Waals surface area contributed by atoms with Gasteiger partial charge in [0.05, 0.1) is 0 Å². The zero-order chi connectivity index (χ0) is 17.0. The molecule has 0 amide bonds. The second-order valence-corrected chi connectivity index (χ2v) is 4.91. The molecule has 2 aromatic carbocycles. The quantitative estimate of drug-likeness (QED) is 0.751. The summed E-state index contributed by atoms with van der Waals surface area (Å²) >= 11 is 5.66. The van der Waals surface area contributed by atoms with Gasteiger partial charge in [-0.1, -0.05) is 17.7 Å². The van der Waals surface area contributed by atoms with Crippen molar-refractivity contribution in [1.29, 1.82) is 0 Å². The van der Waals surface area contributed by atoms with Crippen LogP contribution < -0.4 is 15.2 Å². The third-order valence-electron chi connectivity index (χ3n) is 2.79. The standard InChI is InChI=1S/C15H12ClF4NO2.ClH/c16-10-2-3-11(12(17)8-10)9-1-4-13(22-6-5-21)14(7-9)23-15(18,19)20;/h1-4,7-8H,5-6,21H2;1H. The van der Waals surface area contributed by atoms with Crippen LogP contribution in [0.1, 0.15) is 0 Å². The molecule has 0 aromatic heterocycles. The molecule has 9 heteroatoms. The fourth-order valence-corrected chi connectivity index (χ4v) is 2.05. The summed E-state index contributed by atoms with van der Waals surface area (Å²) in [6.07, 6.45) is -4.90. The molecule has 0 aliphatic heterocycles. The molecule has 0 saturated carbocycles. The number of halogens is 6. The van der Waals surface area contributed by atoms with Gasteiger partial charge in [-0.15, -0.1) is 25.6 Å². The van der Waals surface area contributed by atoms with E-state index < -0.39 is 17.9 Å². The molecule has 0 bridgehead atoms. The molecule has 2 N–H and O–H groups in total. The lowest BCUT2D eigenvalue weighted by atomic mass is 10.0. The molecule has 0 spiro atoms. The molecule has 3 nitrogen and oxygen atoms in total. The van der Waals surface area contributed by atoms with Crippen LogP contribution >= 0.6 is 24.0 Å². The van der Waals surface area contributed by atoms with Crippen LogP contribution in [0.3, 0.4) is 0 Å². The summed E-state index contributed by atoms with van der Waals surface area (Å²) in [5.74, 6) is -1.37. The molecular formula is C15H13Cl2F4NO2. The predicted molar refractivity (Wildman–Crippen MR) is 85.3 cm³/mol. The van der Waals surface area contributed by atoms with Crippen LogP contribution in [-0.4, -0.2) is 19.5 Å². The van der Waals surface area contributed by atoms with Gasteiger partial charge in [-0.3, -0.25) is 0 Å². The lowest BCUT2D eigenvalue weighted by molar-refractivity contribution is -0.275. The molecule has 132 valence electrons. The summed E-state index contributed by atoms with van der Waals surface area (Å²) in [5, 5.41) is 0.181. The van der Waals surface area contributed by atoms with Gasteiger partial charge in [0.1, 0.15) is 12.4 Å². The van der Waals surface area contributed by atoms with E-state index in [4.69, 9.17) is 22.1 Å². The van der Waals surface area contributed by atoms with Crippen LogP contribution in [0.25, 0.3) is 11.1 Å². The molecule has 0 atom stereocenters. The molecule has 0 aliphatic carbocycles. The van der Waals surface area contributed by atoms with Crippen molar-refractivity contribution in [3.8, 4) is 22.6 Å². The zero-order valence-electron chi connectivity index (χ0n) is 12.1. The Hall–Kier alpha value is -1.70. The topological polar surface area (TPSA) is 44.5 Å². The Labute approximate surface area is 146 Å². The average Bonchev–Trinajstić information content (AvgIpc) is 2.44. The first-order chi connectivity index (χ1) is 10.8. The molecule has 0 unspecified atom stereocenters. The number of alkyl halides is 3. The maximum absolute atomic E-state index is 13.9. The smallest absolute Gasteiger partial charge is 0.488 e. The van der Waals surface area contributed by atoms with Gasteiger partial charge in [0.2, 0.25) is 0 Å². The number of hydrogen-bond acceptors (Lipinski definition) is 3. The van der Waals surface area contributed by atoms with Crippen molar-refractivity contribution in [2.45, 2.75) is 6.36 Å². The van der Waals surface area contributed by atoms with Gasteiger partial charge in [-0.2, -0.15) is 0 Å². The highest BCUT2D eigenvalue weighted by atomic mass is 35.5. The van der Waals surface area contributed by atoms with Crippen molar-refractivity contribution in [2.24, 2.45) is 5.73 Å². The summed E-state index contributed by atoms with van der Waals surface area (Å²) in [6.45, 7) is 0.141. The van der Waals surface area contributed by atoms with Crippen LogP contribution in [0, 0.1) is 5.82 Å². The van der Waals surface area contributed by atoms with Gasteiger partial charge >= 0.3 is 6.36 Å². The van der Waals surface area contributed by atoms with Crippen LogP contribution in [0.2, 0.25) is 5.02 Å². The van der Waals surface area contributed by atoms with Crippen LogP contribution in [0.4, 0.5) is 17.6 Å². The summed E-state index contributed by atoms with van der Waals surface area (Å²) in [4.78, 5) is 0. The van der Waals surface area contributed by atoms with Crippen molar-refractivity contribution < 1.29 is 27.0 Å². The Bertz CT molecular complexity index is 696. The molecule has 0 saturated heterocycles. The van der Waals surface area contributed by atoms with Crippen molar-refractivity contribution in [2.75, 3.05) is 13.2 Å². The first-order valence-electron chi connectivity index (χ1n) is 6.48. The summed E-state index contributed by atoms with van der Waals surface area (Å²) in [6, 6.07) is 7.60.